The zero-order valence-electron chi connectivity index (χ0n) is 12.2. The van der Waals surface area contributed by atoms with Crippen LogP contribution in [-0.2, 0) is 29.1 Å². The molecule has 0 aliphatic carbocycles. The number of sulfonamides is 1. The first kappa shape index (κ1) is 15.5. The highest BCUT2D eigenvalue weighted by atomic mass is 32.2. The maximum Gasteiger partial charge on any atom is 0.347 e. The Morgan fingerprint density at radius 3 is 2.87 bits per heavy atom. The molecule has 2 atom stereocenters. The van der Waals surface area contributed by atoms with Crippen molar-refractivity contribution in [3.63, 3.8) is 0 Å². The van der Waals surface area contributed by atoms with Crippen LogP contribution < -0.4 is 4.72 Å². The molecule has 1 fully saturated rings. The van der Waals surface area contributed by atoms with Gasteiger partial charge in [-0.25, -0.2) is 18.0 Å². The highest BCUT2D eigenvalue weighted by Gasteiger charge is 2.34. The Morgan fingerprint density at radius 2 is 2.17 bits per heavy atom. The van der Waals surface area contributed by atoms with Gasteiger partial charge in [-0.3, -0.25) is 9.71 Å². The molecule has 3 rings (SSSR count). The Morgan fingerprint density at radius 1 is 1.43 bits per heavy atom. The van der Waals surface area contributed by atoms with Gasteiger partial charge in [0.05, 0.1) is 11.5 Å². The fourth-order valence-corrected chi connectivity index (χ4v) is 3.54. The van der Waals surface area contributed by atoms with Crippen molar-refractivity contribution in [1.29, 1.82) is 0 Å². The number of aliphatic imine (C=N–C) groups is 1. The topological polar surface area (TPSA) is 111 Å². The first-order valence-corrected chi connectivity index (χ1v) is 8.44. The van der Waals surface area contributed by atoms with E-state index in [4.69, 9.17) is 9.47 Å². The van der Waals surface area contributed by atoms with Crippen LogP contribution in [0.2, 0.25) is 0 Å². The summed E-state index contributed by atoms with van der Waals surface area (Å²) in [6, 6.07) is 5.36. The fraction of sp³-hybridized carbons (Fsp3) is 0.357. The molecule has 23 heavy (non-hydrogen) atoms. The van der Waals surface area contributed by atoms with Gasteiger partial charge in [-0.05, 0) is 19.1 Å². The third-order valence-corrected chi connectivity index (χ3v) is 4.87. The number of carbonyl (C=O) groups is 2. The Bertz CT molecular complexity index is 801. The quantitative estimate of drug-likeness (QED) is 0.775. The zero-order valence-corrected chi connectivity index (χ0v) is 13.0. The summed E-state index contributed by atoms with van der Waals surface area (Å²) in [5.74, 6) is -1.21. The molecule has 0 radical (unpaired) electrons. The highest BCUT2D eigenvalue weighted by Crippen LogP contribution is 2.22. The molecule has 2 aliphatic heterocycles. The van der Waals surface area contributed by atoms with E-state index in [0.717, 1.165) is 0 Å². The highest BCUT2D eigenvalue weighted by molar-refractivity contribution is 7.90. The molecule has 0 spiro atoms. The summed E-state index contributed by atoms with van der Waals surface area (Å²) in [5.41, 5.74) is 0.396. The number of carbonyl (C=O) groups excluding carboxylic acids is 2. The monoisotopic (exact) mass is 338 g/mol. The number of hydrogen-bond donors (Lipinski definition) is 1. The van der Waals surface area contributed by atoms with E-state index < -0.39 is 34.1 Å². The van der Waals surface area contributed by atoms with Gasteiger partial charge >= 0.3 is 11.9 Å². The molecule has 0 amide bonds. The van der Waals surface area contributed by atoms with Gasteiger partial charge in [0.15, 0.2) is 0 Å². The van der Waals surface area contributed by atoms with E-state index in [-0.39, 0.29) is 17.3 Å². The standard InChI is InChI=1S/C14H14N2O6S/c1-8(13(17)22-10-6-7-21-14(10)18)15-12-9-4-2-3-5-11(9)23(19,20)16-12/h2-5,8,10H,6-7H2,1H3,(H,15,16)/t8-,10-/m1/s1. The van der Waals surface area contributed by atoms with Gasteiger partial charge in [0.2, 0.25) is 6.10 Å². The van der Waals surface area contributed by atoms with E-state index in [9.17, 15) is 18.0 Å². The minimum absolute atomic E-state index is 0.0825. The third-order valence-electron chi connectivity index (χ3n) is 3.47. The van der Waals surface area contributed by atoms with Crippen LogP contribution in [0.25, 0.3) is 0 Å². The second-order valence-electron chi connectivity index (χ2n) is 5.14. The predicted molar refractivity (Wildman–Crippen MR) is 78.2 cm³/mol. The van der Waals surface area contributed by atoms with E-state index in [1.54, 1.807) is 18.2 Å². The molecule has 0 saturated carbocycles. The Kier molecular flexibility index (Phi) is 3.80. The average molecular weight is 338 g/mol. The third kappa shape index (κ3) is 2.91. The maximum absolute atomic E-state index is 12.0. The van der Waals surface area contributed by atoms with E-state index in [0.29, 0.717) is 12.0 Å². The van der Waals surface area contributed by atoms with E-state index in [1.165, 1.54) is 13.0 Å². The van der Waals surface area contributed by atoms with E-state index >= 15 is 0 Å². The fourth-order valence-electron chi connectivity index (χ4n) is 2.30. The first-order valence-electron chi connectivity index (χ1n) is 6.95. The lowest BCUT2D eigenvalue weighted by Crippen LogP contribution is -2.30. The summed E-state index contributed by atoms with van der Waals surface area (Å²) in [6.45, 7) is 1.68. The molecule has 0 bridgehead atoms. The van der Waals surface area contributed by atoms with Gasteiger partial charge in [-0.1, -0.05) is 12.1 Å². The van der Waals surface area contributed by atoms with Crippen molar-refractivity contribution < 1.29 is 27.5 Å². The summed E-state index contributed by atoms with van der Waals surface area (Å²) in [5, 5.41) is 0. The molecule has 8 nitrogen and oxygen atoms in total. The van der Waals surface area contributed by atoms with E-state index in [1.807, 2.05) is 0 Å². The molecular formula is C14H14N2O6S. The SMILES string of the molecule is C[C@@H](N=C1NS(=O)(=O)c2ccccc21)C(=O)O[C@@H]1CCOC1=O. The molecule has 1 aromatic carbocycles. The number of ether oxygens (including phenoxy) is 2. The number of cyclic esters (lactones) is 1. The van der Waals surface area contributed by atoms with Crippen LogP contribution in [0.15, 0.2) is 34.2 Å². The van der Waals surface area contributed by atoms with Gasteiger partial charge in [0, 0.05) is 12.0 Å². The van der Waals surface area contributed by atoms with Gasteiger partial charge < -0.3 is 9.47 Å². The van der Waals surface area contributed by atoms with Crippen LogP contribution in [-0.4, -0.2) is 44.9 Å². The summed E-state index contributed by atoms with van der Waals surface area (Å²) in [6.07, 6.45) is -0.610. The average Bonchev–Trinajstić information content (AvgIpc) is 3.01. The normalized spacial score (nSPS) is 24.7. The zero-order chi connectivity index (χ0) is 16.6. The Balaban J connectivity index is 1.79. The Labute approximate surface area is 132 Å². The molecule has 1 N–H and O–H groups in total. The molecule has 2 heterocycles. The van der Waals surface area contributed by atoms with Crippen LogP contribution >= 0.6 is 0 Å². The molecule has 2 aliphatic rings. The lowest BCUT2D eigenvalue weighted by Gasteiger charge is -2.11. The van der Waals surface area contributed by atoms with Crippen molar-refractivity contribution in [2.24, 2.45) is 4.99 Å². The summed E-state index contributed by atoms with van der Waals surface area (Å²) < 4.78 is 36.0. The van der Waals surface area contributed by atoms with Crippen molar-refractivity contribution in [3.8, 4) is 0 Å². The lowest BCUT2D eigenvalue weighted by atomic mass is 10.2. The summed E-state index contributed by atoms with van der Waals surface area (Å²) in [4.78, 5) is 27.5. The van der Waals surface area contributed by atoms with Crippen LogP contribution in [0.3, 0.4) is 0 Å². The molecule has 1 saturated heterocycles. The van der Waals surface area contributed by atoms with Crippen LogP contribution in [0.1, 0.15) is 18.9 Å². The number of nitrogens with one attached hydrogen (secondary N) is 1. The number of amidine groups is 1. The lowest BCUT2D eigenvalue weighted by molar-refractivity contribution is -0.160. The van der Waals surface area contributed by atoms with Gasteiger partial charge in [0.25, 0.3) is 10.0 Å². The van der Waals surface area contributed by atoms with Crippen LogP contribution in [0.5, 0.6) is 0 Å². The minimum atomic E-state index is -3.66. The van der Waals surface area contributed by atoms with Crippen molar-refractivity contribution in [2.45, 2.75) is 30.4 Å². The van der Waals surface area contributed by atoms with Crippen molar-refractivity contribution >= 4 is 27.8 Å². The van der Waals surface area contributed by atoms with Gasteiger partial charge in [-0.15, -0.1) is 0 Å². The van der Waals surface area contributed by atoms with Gasteiger partial charge in [0.1, 0.15) is 11.9 Å². The first-order chi connectivity index (χ1) is 10.9. The van der Waals surface area contributed by atoms with Crippen molar-refractivity contribution in [3.05, 3.63) is 29.8 Å². The second-order valence-corrected chi connectivity index (χ2v) is 6.79. The van der Waals surface area contributed by atoms with E-state index in [2.05, 4.69) is 9.71 Å². The number of hydrogen-bond acceptors (Lipinski definition) is 7. The molecule has 122 valence electrons. The summed E-state index contributed by atoms with van der Waals surface area (Å²) >= 11 is 0. The van der Waals surface area contributed by atoms with Crippen LogP contribution in [0.4, 0.5) is 0 Å². The minimum Gasteiger partial charge on any atom is -0.463 e. The molecule has 1 aromatic rings. The van der Waals surface area contributed by atoms with Gasteiger partial charge in [-0.2, -0.15) is 0 Å². The predicted octanol–water partition coefficient (Wildman–Crippen LogP) is -0.0277. The molecule has 0 unspecified atom stereocenters. The molecular weight excluding hydrogens is 324 g/mol. The smallest absolute Gasteiger partial charge is 0.347 e. The Hall–Kier alpha value is -2.42. The maximum atomic E-state index is 12.0. The number of nitrogens with zero attached hydrogens (tertiary/aromatic N) is 1. The van der Waals surface area contributed by atoms with Crippen molar-refractivity contribution in [1.82, 2.24) is 4.72 Å². The molecule has 0 aromatic heterocycles. The number of rotatable bonds is 3. The number of fused-ring (bicyclic) bond motifs is 1. The second kappa shape index (κ2) is 5.65. The molecule has 9 heteroatoms. The van der Waals surface area contributed by atoms with Crippen LogP contribution in [0, 0.1) is 0 Å². The number of esters is 2. The largest absolute Gasteiger partial charge is 0.463 e. The number of benzene rings is 1. The summed E-state index contributed by atoms with van der Waals surface area (Å²) in [7, 11) is -3.66. The van der Waals surface area contributed by atoms with Crippen molar-refractivity contribution in [2.75, 3.05) is 6.61 Å².